The molecular formula is C19H27N7O2. The van der Waals surface area contributed by atoms with Crippen LogP contribution in [0.4, 0.5) is 5.95 Å². The number of aromatic nitrogens is 4. The van der Waals surface area contributed by atoms with Gasteiger partial charge in [-0.2, -0.15) is 10.4 Å². The lowest BCUT2D eigenvalue weighted by Gasteiger charge is -2.28. The highest BCUT2D eigenvalue weighted by Crippen LogP contribution is 2.25. The van der Waals surface area contributed by atoms with Gasteiger partial charge in [-0.1, -0.05) is 0 Å². The number of ether oxygens (including phenoxy) is 1. The van der Waals surface area contributed by atoms with E-state index in [0.717, 1.165) is 50.9 Å². The Balaban J connectivity index is 0.000000271. The van der Waals surface area contributed by atoms with E-state index in [1.165, 1.54) is 6.20 Å². The molecule has 2 aromatic rings. The van der Waals surface area contributed by atoms with Crippen LogP contribution in [0.25, 0.3) is 11.3 Å². The largest absolute Gasteiger partial charge is 0.391 e. The van der Waals surface area contributed by atoms with Gasteiger partial charge in [0.1, 0.15) is 6.07 Å². The van der Waals surface area contributed by atoms with Crippen LogP contribution < -0.4 is 5.73 Å². The highest BCUT2D eigenvalue weighted by atomic mass is 16.5. The van der Waals surface area contributed by atoms with Crippen molar-refractivity contribution in [2.45, 2.75) is 37.8 Å². The van der Waals surface area contributed by atoms with E-state index in [1.807, 2.05) is 10.9 Å². The third-order valence-electron chi connectivity index (χ3n) is 5.00. The summed E-state index contributed by atoms with van der Waals surface area (Å²) in [6.07, 6.45) is 9.03. The van der Waals surface area contributed by atoms with Gasteiger partial charge in [-0.25, -0.2) is 9.97 Å². The Labute approximate surface area is 164 Å². The highest BCUT2D eigenvalue weighted by molar-refractivity contribution is 5.65. The quantitative estimate of drug-likeness (QED) is 0.790. The molecular weight excluding hydrogens is 358 g/mol. The van der Waals surface area contributed by atoms with Crippen LogP contribution >= 0.6 is 0 Å². The summed E-state index contributed by atoms with van der Waals surface area (Å²) in [7, 11) is 2.13. The summed E-state index contributed by atoms with van der Waals surface area (Å²) in [6.45, 7) is 3.52. The van der Waals surface area contributed by atoms with Crippen molar-refractivity contribution < 1.29 is 9.84 Å². The van der Waals surface area contributed by atoms with Gasteiger partial charge in [-0.15, -0.1) is 0 Å². The van der Waals surface area contributed by atoms with Crippen molar-refractivity contribution in [3.63, 3.8) is 0 Å². The second kappa shape index (κ2) is 9.59. The zero-order chi connectivity index (χ0) is 19.9. The number of aliphatic hydroxyl groups is 1. The number of nitrogen functional groups attached to an aromatic ring is 1. The number of aliphatic hydroxyl groups excluding tert-OH is 1. The van der Waals surface area contributed by atoms with E-state index in [4.69, 9.17) is 20.8 Å². The SMILES string of the molecule is CN1CCC(n2cc(-c3nc(N)ncc3C#N)cn2)CC1.OC1CCCOC1. The van der Waals surface area contributed by atoms with E-state index < -0.39 is 0 Å². The van der Waals surface area contributed by atoms with Gasteiger partial charge in [0.15, 0.2) is 0 Å². The van der Waals surface area contributed by atoms with Crippen molar-refractivity contribution in [3.8, 4) is 17.3 Å². The number of nitriles is 1. The molecule has 2 saturated heterocycles. The Hall–Kier alpha value is -2.54. The smallest absolute Gasteiger partial charge is 0.220 e. The molecule has 1 unspecified atom stereocenters. The third-order valence-corrected chi connectivity index (χ3v) is 5.00. The van der Waals surface area contributed by atoms with E-state index in [9.17, 15) is 0 Å². The fourth-order valence-electron chi connectivity index (χ4n) is 3.34. The van der Waals surface area contributed by atoms with Crippen LogP contribution in [0.5, 0.6) is 0 Å². The van der Waals surface area contributed by atoms with Gasteiger partial charge in [-0.05, 0) is 45.8 Å². The average Bonchev–Trinajstić information content (AvgIpc) is 3.20. The predicted octanol–water partition coefficient (Wildman–Crippen LogP) is 1.22. The molecule has 3 N–H and O–H groups in total. The topological polar surface area (TPSA) is 126 Å². The number of anilines is 1. The van der Waals surface area contributed by atoms with Crippen molar-refractivity contribution in [2.24, 2.45) is 0 Å². The Bertz CT molecular complexity index is 803. The molecule has 0 aliphatic carbocycles. The molecule has 1 atom stereocenters. The average molecular weight is 385 g/mol. The van der Waals surface area contributed by atoms with Gasteiger partial charge in [0.2, 0.25) is 5.95 Å². The second-order valence-electron chi connectivity index (χ2n) is 7.22. The van der Waals surface area contributed by atoms with Crippen molar-refractivity contribution in [3.05, 3.63) is 24.2 Å². The van der Waals surface area contributed by atoms with Crippen LogP contribution in [-0.4, -0.2) is 69.2 Å². The van der Waals surface area contributed by atoms with Crippen LogP contribution in [0, 0.1) is 11.3 Å². The lowest BCUT2D eigenvalue weighted by atomic mass is 10.1. The van der Waals surface area contributed by atoms with Gasteiger partial charge >= 0.3 is 0 Å². The minimum absolute atomic E-state index is 0.163. The van der Waals surface area contributed by atoms with Crippen LogP contribution in [-0.2, 0) is 4.74 Å². The van der Waals surface area contributed by atoms with E-state index in [1.54, 1.807) is 6.20 Å². The lowest BCUT2D eigenvalue weighted by molar-refractivity contribution is -0.00535. The molecule has 9 nitrogen and oxygen atoms in total. The Morgan fingerprint density at radius 1 is 1.29 bits per heavy atom. The molecule has 0 spiro atoms. The number of likely N-dealkylation sites (tertiary alicyclic amines) is 1. The molecule has 2 aliphatic rings. The van der Waals surface area contributed by atoms with Gasteiger partial charge in [0.05, 0.1) is 42.4 Å². The molecule has 2 aromatic heterocycles. The molecule has 28 heavy (non-hydrogen) atoms. The number of nitrogens with zero attached hydrogens (tertiary/aromatic N) is 6. The monoisotopic (exact) mass is 385 g/mol. The fraction of sp³-hybridized carbons (Fsp3) is 0.579. The summed E-state index contributed by atoms with van der Waals surface area (Å²) in [5, 5.41) is 22.4. The lowest BCUT2D eigenvalue weighted by Crippen LogP contribution is -2.31. The first-order valence-corrected chi connectivity index (χ1v) is 9.58. The summed E-state index contributed by atoms with van der Waals surface area (Å²) in [6, 6.07) is 2.49. The highest BCUT2D eigenvalue weighted by Gasteiger charge is 2.20. The van der Waals surface area contributed by atoms with E-state index in [-0.39, 0.29) is 12.1 Å². The Morgan fingerprint density at radius 3 is 2.68 bits per heavy atom. The third kappa shape index (κ3) is 5.25. The summed E-state index contributed by atoms with van der Waals surface area (Å²) < 4.78 is 6.91. The van der Waals surface area contributed by atoms with Gasteiger partial charge in [0, 0.05) is 18.4 Å². The molecule has 0 aromatic carbocycles. The zero-order valence-corrected chi connectivity index (χ0v) is 16.2. The molecule has 9 heteroatoms. The first-order chi connectivity index (χ1) is 13.6. The van der Waals surface area contributed by atoms with Crippen LogP contribution in [0.15, 0.2) is 18.6 Å². The minimum atomic E-state index is -0.186. The number of hydrogen-bond donors (Lipinski definition) is 2. The van der Waals surface area contributed by atoms with Gasteiger partial charge in [-0.3, -0.25) is 4.68 Å². The van der Waals surface area contributed by atoms with Gasteiger partial charge < -0.3 is 20.5 Å². The molecule has 0 amide bonds. The predicted molar refractivity (Wildman–Crippen MR) is 104 cm³/mol. The molecule has 0 saturated carbocycles. The number of hydrogen-bond acceptors (Lipinski definition) is 8. The first kappa shape index (κ1) is 20.2. The summed E-state index contributed by atoms with van der Waals surface area (Å²) >= 11 is 0. The molecule has 2 fully saturated rings. The Kier molecular flexibility index (Phi) is 6.92. The Morgan fingerprint density at radius 2 is 2.07 bits per heavy atom. The maximum Gasteiger partial charge on any atom is 0.220 e. The molecule has 4 heterocycles. The fourth-order valence-corrected chi connectivity index (χ4v) is 3.34. The maximum absolute atomic E-state index is 9.15. The summed E-state index contributed by atoms with van der Waals surface area (Å²) in [4.78, 5) is 10.3. The molecule has 2 aliphatic heterocycles. The molecule has 4 rings (SSSR count). The summed E-state index contributed by atoms with van der Waals surface area (Å²) in [5.74, 6) is 0.163. The van der Waals surface area contributed by atoms with E-state index >= 15 is 0 Å². The molecule has 0 radical (unpaired) electrons. The van der Waals surface area contributed by atoms with Crippen LogP contribution in [0.1, 0.15) is 37.3 Å². The second-order valence-corrected chi connectivity index (χ2v) is 7.22. The maximum atomic E-state index is 9.15. The normalized spacial score (nSPS) is 20.8. The number of rotatable bonds is 2. The van der Waals surface area contributed by atoms with Crippen molar-refractivity contribution in [1.82, 2.24) is 24.6 Å². The first-order valence-electron chi connectivity index (χ1n) is 9.58. The van der Waals surface area contributed by atoms with Crippen LogP contribution in [0.3, 0.4) is 0 Å². The van der Waals surface area contributed by atoms with Gasteiger partial charge in [0.25, 0.3) is 0 Å². The van der Waals surface area contributed by atoms with Crippen molar-refractivity contribution in [2.75, 3.05) is 39.1 Å². The van der Waals surface area contributed by atoms with E-state index in [2.05, 4.69) is 33.1 Å². The van der Waals surface area contributed by atoms with E-state index in [0.29, 0.717) is 23.9 Å². The standard InChI is InChI=1S/C14H17N7.C5H10O2/c1-20-4-2-12(3-5-20)21-9-11(8-18-21)13-10(6-15)7-17-14(16)19-13;6-5-2-1-3-7-4-5/h7-9,12H,2-5H2,1H3,(H2,16,17,19);5-6H,1-4H2. The summed E-state index contributed by atoms with van der Waals surface area (Å²) in [5.41, 5.74) is 7.38. The number of piperidine rings is 1. The minimum Gasteiger partial charge on any atom is -0.391 e. The number of nitrogens with two attached hydrogens (primary N) is 1. The molecule has 150 valence electrons. The molecule has 0 bridgehead atoms. The van der Waals surface area contributed by atoms with Crippen molar-refractivity contribution >= 4 is 5.95 Å². The van der Waals surface area contributed by atoms with Crippen LogP contribution in [0.2, 0.25) is 0 Å². The zero-order valence-electron chi connectivity index (χ0n) is 16.2. The van der Waals surface area contributed by atoms with Crippen molar-refractivity contribution in [1.29, 1.82) is 5.26 Å².